The van der Waals surface area contributed by atoms with Crippen LogP contribution in [-0.2, 0) is 0 Å². The minimum atomic E-state index is -0.188. The van der Waals surface area contributed by atoms with E-state index < -0.39 is 0 Å². The van der Waals surface area contributed by atoms with Gasteiger partial charge in [-0.15, -0.1) is 11.3 Å². The van der Waals surface area contributed by atoms with Crippen LogP contribution in [0.2, 0.25) is 0 Å². The van der Waals surface area contributed by atoms with Gasteiger partial charge >= 0.3 is 0 Å². The Morgan fingerprint density at radius 3 is 2.69 bits per heavy atom. The highest BCUT2D eigenvalue weighted by molar-refractivity contribution is 7.10. The van der Waals surface area contributed by atoms with Crippen molar-refractivity contribution in [3.8, 4) is 0 Å². The van der Waals surface area contributed by atoms with Crippen LogP contribution in [0.5, 0.6) is 0 Å². The molecule has 0 amide bonds. The molecule has 1 aromatic heterocycles. The molecule has 1 unspecified atom stereocenters. The van der Waals surface area contributed by atoms with Crippen molar-refractivity contribution in [3.63, 3.8) is 0 Å². The molecule has 0 bridgehead atoms. The van der Waals surface area contributed by atoms with Gasteiger partial charge in [-0.3, -0.25) is 0 Å². The molecule has 0 fully saturated rings. The zero-order valence-electron chi connectivity index (χ0n) is 9.33. The Hall–Kier alpha value is -1.19. The third-order valence-corrected chi connectivity index (χ3v) is 3.72. The van der Waals surface area contributed by atoms with E-state index in [-0.39, 0.29) is 11.9 Å². The van der Waals surface area contributed by atoms with E-state index in [2.05, 4.69) is 23.7 Å². The monoisotopic (exact) mass is 235 g/mol. The normalized spacial score (nSPS) is 12.7. The van der Waals surface area contributed by atoms with Gasteiger partial charge in [0.05, 0.1) is 6.04 Å². The predicted octanol–water partition coefficient (Wildman–Crippen LogP) is 3.50. The van der Waals surface area contributed by atoms with E-state index in [1.54, 1.807) is 23.5 Å². The fourth-order valence-corrected chi connectivity index (χ4v) is 2.88. The molecular weight excluding hydrogens is 221 g/mol. The summed E-state index contributed by atoms with van der Waals surface area (Å²) in [5, 5.41) is 5.30. The second-order valence-electron chi connectivity index (χ2n) is 3.74. The summed E-state index contributed by atoms with van der Waals surface area (Å²) < 4.78 is 13.2. The highest BCUT2D eigenvalue weighted by Gasteiger charge is 2.15. The second kappa shape index (κ2) is 4.76. The Labute approximate surface area is 98.9 Å². The van der Waals surface area contributed by atoms with Crippen LogP contribution in [0.1, 0.15) is 22.0 Å². The Morgan fingerprint density at radius 1 is 1.31 bits per heavy atom. The van der Waals surface area contributed by atoms with Crippen LogP contribution in [0.4, 0.5) is 4.39 Å². The third kappa shape index (κ3) is 2.15. The van der Waals surface area contributed by atoms with Gasteiger partial charge in [0.15, 0.2) is 0 Å². The highest BCUT2D eigenvalue weighted by atomic mass is 32.1. The van der Waals surface area contributed by atoms with Gasteiger partial charge in [0.25, 0.3) is 0 Å². The highest BCUT2D eigenvalue weighted by Crippen LogP contribution is 2.29. The van der Waals surface area contributed by atoms with Gasteiger partial charge in [-0.05, 0) is 48.7 Å². The number of benzene rings is 1. The van der Waals surface area contributed by atoms with Crippen molar-refractivity contribution in [1.29, 1.82) is 0 Å². The minimum Gasteiger partial charge on any atom is -0.309 e. The van der Waals surface area contributed by atoms with E-state index in [9.17, 15) is 4.39 Å². The zero-order chi connectivity index (χ0) is 11.5. The maximum absolute atomic E-state index is 13.2. The molecule has 1 heterocycles. The zero-order valence-corrected chi connectivity index (χ0v) is 10.1. The first-order valence-electron chi connectivity index (χ1n) is 5.19. The van der Waals surface area contributed by atoms with Gasteiger partial charge in [-0.25, -0.2) is 4.39 Å². The molecule has 1 N–H and O–H groups in total. The number of hydrogen-bond acceptors (Lipinski definition) is 2. The van der Waals surface area contributed by atoms with Crippen molar-refractivity contribution in [2.45, 2.75) is 13.0 Å². The molecule has 16 heavy (non-hydrogen) atoms. The molecular formula is C13H14FNS. The third-order valence-electron chi connectivity index (χ3n) is 2.63. The number of thiophene rings is 1. The molecule has 2 rings (SSSR count). The maximum Gasteiger partial charge on any atom is 0.123 e. The number of rotatable bonds is 3. The molecule has 0 aliphatic heterocycles. The SMILES string of the molecule is CNC(c1cccc(F)c1)c1sccc1C. The molecule has 0 saturated heterocycles. The fourth-order valence-electron chi connectivity index (χ4n) is 1.82. The molecule has 0 aliphatic carbocycles. The molecule has 1 aromatic carbocycles. The average molecular weight is 235 g/mol. The van der Waals surface area contributed by atoms with Crippen molar-refractivity contribution in [1.82, 2.24) is 5.32 Å². The van der Waals surface area contributed by atoms with Gasteiger partial charge in [0.2, 0.25) is 0 Å². The lowest BCUT2D eigenvalue weighted by molar-refractivity contribution is 0.617. The van der Waals surface area contributed by atoms with Gasteiger partial charge < -0.3 is 5.32 Å². The van der Waals surface area contributed by atoms with Gasteiger partial charge in [-0.1, -0.05) is 12.1 Å². The lowest BCUT2D eigenvalue weighted by Gasteiger charge is -2.16. The van der Waals surface area contributed by atoms with Crippen LogP contribution < -0.4 is 5.32 Å². The summed E-state index contributed by atoms with van der Waals surface area (Å²) in [5.41, 5.74) is 2.21. The summed E-state index contributed by atoms with van der Waals surface area (Å²) in [5.74, 6) is -0.188. The van der Waals surface area contributed by atoms with Crippen molar-refractivity contribution in [3.05, 3.63) is 57.5 Å². The molecule has 1 nitrogen and oxygen atoms in total. The Balaban J connectivity index is 2.40. The number of nitrogens with one attached hydrogen (secondary N) is 1. The first-order chi connectivity index (χ1) is 7.72. The van der Waals surface area contributed by atoms with Gasteiger partial charge in [-0.2, -0.15) is 0 Å². The van der Waals surface area contributed by atoms with Crippen molar-refractivity contribution < 1.29 is 4.39 Å². The van der Waals surface area contributed by atoms with Crippen molar-refractivity contribution in [2.75, 3.05) is 7.05 Å². The van der Waals surface area contributed by atoms with Crippen LogP contribution in [0.15, 0.2) is 35.7 Å². The molecule has 0 saturated carbocycles. The summed E-state index contributed by atoms with van der Waals surface area (Å²) in [6.45, 7) is 2.08. The summed E-state index contributed by atoms with van der Waals surface area (Å²) in [7, 11) is 1.90. The van der Waals surface area contributed by atoms with Gasteiger partial charge in [0, 0.05) is 4.88 Å². The summed E-state index contributed by atoms with van der Waals surface area (Å²) in [4.78, 5) is 1.24. The summed E-state index contributed by atoms with van der Waals surface area (Å²) in [6.07, 6.45) is 0. The second-order valence-corrected chi connectivity index (χ2v) is 4.69. The van der Waals surface area contributed by atoms with Gasteiger partial charge in [0.1, 0.15) is 5.82 Å². The molecule has 2 aromatic rings. The van der Waals surface area contributed by atoms with E-state index in [4.69, 9.17) is 0 Å². The van der Waals surface area contributed by atoms with Crippen LogP contribution in [-0.4, -0.2) is 7.05 Å². The van der Waals surface area contributed by atoms with Crippen molar-refractivity contribution in [2.24, 2.45) is 0 Å². The largest absolute Gasteiger partial charge is 0.309 e. The van der Waals surface area contributed by atoms with Crippen molar-refractivity contribution >= 4 is 11.3 Å². The number of aryl methyl sites for hydroxylation is 1. The molecule has 0 radical (unpaired) electrons. The fraction of sp³-hybridized carbons (Fsp3) is 0.231. The standard InChI is InChI=1S/C13H14FNS/c1-9-6-7-16-13(9)12(15-2)10-4-3-5-11(14)8-10/h3-8,12,15H,1-2H3. The van der Waals surface area contributed by atoms with E-state index in [1.807, 2.05) is 13.1 Å². The van der Waals surface area contributed by atoms with E-state index >= 15 is 0 Å². The lowest BCUT2D eigenvalue weighted by Crippen LogP contribution is -2.17. The van der Waals surface area contributed by atoms with Crippen LogP contribution in [0, 0.1) is 12.7 Å². The number of halogens is 1. The van der Waals surface area contributed by atoms with E-state index in [1.165, 1.54) is 16.5 Å². The molecule has 1 atom stereocenters. The molecule has 84 valence electrons. The first kappa shape index (κ1) is 11.3. The average Bonchev–Trinajstić information content (AvgIpc) is 2.67. The molecule has 0 spiro atoms. The first-order valence-corrected chi connectivity index (χ1v) is 6.07. The van der Waals surface area contributed by atoms with E-state index in [0.717, 1.165) is 5.56 Å². The smallest absolute Gasteiger partial charge is 0.123 e. The minimum absolute atomic E-state index is 0.0794. The topological polar surface area (TPSA) is 12.0 Å². The van der Waals surface area contributed by atoms with Crippen LogP contribution in [0.3, 0.4) is 0 Å². The summed E-state index contributed by atoms with van der Waals surface area (Å²) in [6, 6.07) is 8.92. The predicted molar refractivity (Wildman–Crippen MR) is 66.4 cm³/mol. The summed E-state index contributed by atoms with van der Waals surface area (Å²) >= 11 is 1.70. The van der Waals surface area contributed by atoms with Crippen LogP contribution in [0.25, 0.3) is 0 Å². The van der Waals surface area contributed by atoms with Crippen LogP contribution >= 0.6 is 11.3 Å². The lowest BCUT2D eigenvalue weighted by atomic mass is 10.0. The Morgan fingerprint density at radius 2 is 2.12 bits per heavy atom. The Bertz CT molecular complexity index is 478. The maximum atomic E-state index is 13.2. The molecule has 3 heteroatoms. The van der Waals surface area contributed by atoms with E-state index in [0.29, 0.717) is 0 Å². The Kier molecular flexibility index (Phi) is 3.36. The molecule has 0 aliphatic rings. The quantitative estimate of drug-likeness (QED) is 0.858. The number of hydrogen-bond donors (Lipinski definition) is 1.